The molecule has 0 atom stereocenters. The number of carboxylic acid groups (broad SMARTS) is 1. The predicted octanol–water partition coefficient (Wildman–Crippen LogP) is 0.125. The topological polar surface area (TPSA) is 126 Å². The molecular formula is C11H7ClN2O6S. The van der Waals surface area contributed by atoms with Crippen LogP contribution in [0.3, 0.4) is 0 Å². The van der Waals surface area contributed by atoms with Gasteiger partial charge in [-0.15, -0.1) is 4.09 Å². The maximum absolute atomic E-state index is 12.2. The number of hydrogen-bond donors (Lipinski definition) is 2. The van der Waals surface area contributed by atoms with Gasteiger partial charge in [0.15, 0.2) is 0 Å². The first-order valence-corrected chi connectivity index (χ1v) is 7.16. The number of nitrogens with zero attached hydrogens (tertiary/aromatic N) is 1. The molecule has 0 aliphatic carbocycles. The molecule has 1 heterocycles. The van der Waals surface area contributed by atoms with E-state index in [2.05, 4.69) is 0 Å². The molecule has 0 saturated carbocycles. The molecule has 8 nitrogen and oxygen atoms in total. The Morgan fingerprint density at radius 3 is 2.48 bits per heavy atom. The monoisotopic (exact) mass is 330 g/mol. The second-order valence-electron chi connectivity index (χ2n) is 3.86. The van der Waals surface area contributed by atoms with E-state index in [1.165, 1.54) is 0 Å². The van der Waals surface area contributed by atoms with Crippen LogP contribution in [0.4, 0.5) is 0 Å². The molecule has 0 bridgehead atoms. The van der Waals surface area contributed by atoms with E-state index in [1.807, 2.05) is 5.10 Å². The number of H-pyrrole nitrogens is 1. The molecule has 0 amide bonds. The summed E-state index contributed by atoms with van der Waals surface area (Å²) in [4.78, 5) is 33.2. The summed E-state index contributed by atoms with van der Waals surface area (Å²) in [5.41, 5.74) is -2.23. The number of halogens is 1. The zero-order valence-corrected chi connectivity index (χ0v) is 11.7. The first kappa shape index (κ1) is 15.0. The average Bonchev–Trinajstić information content (AvgIpc) is 2.41. The van der Waals surface area contributed by atoms with Crippen molar-refractivity contribution in [1.29, 1.82) is 0 Å². The second-order valence-corrected chi connectivity index (χ2v) is 6.06. The lowest BCUT2D eigenvalue weighted by Gasteiger charge is -2.08. The van der Waals surface area contributed by atoms with E-state index >= 15 is 0 Å². The first-order valence-electron chi connectivity index (χ1n) is 5.34. The zero-order valence-electron chi connectivity index (χ0n) is 10.1. The van der Waals surface area contributed by atoms with Crippen LogP contribution < -0.4 is 11.1 Å². The summed E-state index contributed by atoms with van der Waals surface area (Å²) >= 11 is 5.64. The van der Waals surface area contributed by atoms with Crippen LogP contribution in [0.25, 0.3) is 0 Å². The molecule has 110 valence electrons. The molecule has 21 heavy (non-hydrogen) atoms. The van der Waals surface area contributed by atoms with Crippen molar-refractivity contribution >= 4 is 27.6 Å². The summed E-state index contributed by atoms with van der Waals surface area (Å²) in [6, 6.07) is 4.56. The summed E-state index contributed by atoms with van der Waals surface area (Å²) in [6.07, 6.45) is 0. The summed E-state index contributed by atoms with van der Waals surface area (Å²) in [6.45, 7) is 0. The van der Waals surface area contributed by atoms with Crippen molar-refractivity contribution < 1.29 is 18.3 Å². The van der Waals surface area contributed by atoms with Gasteiger partial charge in [0, 0.05) is 12.1 Å². The largest absolute Gasteiger partial charge is 0.478 e. The molecule has 0 aliphatic rings. The molecule has 2 N–H and O–H groups in total. The number of aromatic amines is 1. The Balaban J connectivity index is 2.73. The number of rotatable bonds is 3. The number of benzene rings is 1. The van der Waals surface area contributed by atoms with Crippen LogP contribution in [0.15, 0.2) is 44.8 Å². The third kappa shape index (κ3) is 2.73. The molecule has 1 aromatic carbocycles. The fraction of sp³-hybridized carbons (Fsp3) is 0. The van der Waals surface area contributed by atoms with E-state index in [0.717, 1.165) is 30.3 Å². The lowest BCUT2D eigenvalue weighted by Crippen LogP contribution is -2.33. The van der Waals surface area contributed by atoms with E-state index < -0.39 is 37.6 Å². The number of aromatic carboxylic acids is 1. The molecule has 2 aromatic rings. The van der Waals surface area contributed by atoms with Gasteiger partial charge in [0.05, 0.1) is 15.5 Å². The van der Waals surface area contributed by atoms with E-state index in [1.54, 1.807) is 0 Å². The Bertz CT molecular complexity index is 944. The smallest absolute Gasteiger partial charge is 0.337 e. The third-order valence-electron chi connectivity index (χ3n) is 2.50. The summed E-state index contributed by atoms with van der Waals surface area (Å²) in [7, 11) is -4.44. The molecule has 2 rings (SSSR count). The highest BCUT2D eigenvalue weighted by Crippen LogP contribution is 2.21. The maximum Gasteiger partial charge on any atom is 0.337 e. The highest BCUT2D eigenvalue weighted by molar-refractivity contribution is 7.89. The molecule has 0 aliphatic heterocycles. The Morgan fingerprint density at radius 2 is 1.86 bits per heavy atom. The number of carbonyl (C=O) groups is 1. The van der Waals surface area contributed by atoms with Gasteiger partial charge in [-0.3, -0.25) is 9.59 Å². The van der Waals surface area contributed by atoms with E-state index in [4.69, 9.17) is 16.7 Å². The number of nitrogens with one attached hydrogen (secondary N) is 1. The van der Waals surface area contributed by atoms with Gasteiger partial charge >= 0.3 is 5.97 Å². The SMILES string of the molecule is O=C(O)c1cc(S(=O)(=O)n2[nH]c(=O)ccc2=O)ccc1Cl. The molecule has 0 spiro atoms. The van der Waals surface area contributed by atoms with Crippen molar-refractivity contribution in [3.8, 4) is 0 Å². The molecule has 0 radical (unpaired) electrons. The van der Waals surface area contributed by atoms with Gasteiger partial charge in [0.1, 0.15) is 0 Å². The standard InChI is InChI=1S/C11H7ClN2O6S/c12-8-2-1-6(5-7(8)11(17)18)21(19,20)14-10(16)4-3-9(15)13-14/h1-5H,(H,13,15)(H,17,18). The van der Waals surface area contributed by atoms with Crippen molar-refractivity contribution in [1.82, 2.24) is 9.19 Å². The zero-order chi connectivity index (χ0) is 15.8. The van der Waals surface area contributed by atoms with Crippen LogP contribution in [0, 0.1) is 0 Å². The molecule has 0 unspecified atom stereocenters. The Kier molecular flexibility index (Phi) is 3.71. The quantitative estimate of drug-likeness (QED) is 0.823. The van der Waals surface area contributed by atoms with Gasteiger partial charge in [0.2, 0.25) is 0 Å². The van der Waals surface area contributed by atoms with E-state index in [-0.39, 0.29) is 9.11 Å². The molecule has 1 aromatic heterocycles. The Labute approximate surface area is 122 Å². The van der Waals surface area contributed by atoms with Gasteiger partial charge in [0.25, 0.3) is 21.1 Å². The van der Waals surface area contributed by atoms with Crippen molar-refractivity contribution in [2.45, 2.75) is 4.90 Å². The van der Waals surface area contributed by atoms with Crippen LogP contribution in [0.1, 0.15) is 10.4 Å². The van der Waals surface area contributed by atoms with Gasteiger partial charge in [-0.2, -0.15) is 8.42 Å². The van der Waals surface area contributed by atoms with Crippen molar-refractivity contribution in [3.63, 3.8) is 0 Å². The van der Waals surface area contributed by atoms with Crippen LogP contribution in [-0.2, 0) is 10.0 Å². The van der Waals surface area contributed by atoms with Crippen LogP contribution in [0.2, 0.25) is 5.02 Å². The van der Waals surface area contributed by atoms with E-state index in [9.17, 15) is 22.8 Å². The molecular weight excluding hydrogens is 324 g/mol. The lowest BCUT2D eigenvalue weighted by molar-refractivity contribution is 0.0697. The average molecular weight is 331 g/mol. The summed E-state index contributed by atoms with van der Waals surface area (Å²) in [5, 5.41) is 10.6. The molecule has 0 saturated heterocycles. The molecule has 0 fully saturated rings. The third-order valence-corrected chi connectivity index (χ3v) is 4.43. The Hall–Kier alpha value is -2.39. The second kappa shape index (κ2) is 5.19. The maximum atomic E-state index is 12.2. The number of carboxylic acids is 1. The molecule has 10 heteroatoms. The van der Waals surface area contributed by atoms with Crippen molar-refractivity contribution in [2.75, 3.05) is 0 Å². The van der Waals surface area contributed by atoms with Crippen LogP contribution in [0.5, 0.6) is 0 Å². The van der Waals surface area contributed by atoms with Gasteiger partial charge in [-0.05, 0) is 18.2 Å². The minimum atomic E-state index is -4.44. The van der Waals surface area contributed by atoms with Crippen LogP contribution in [-0.4, -0.2) is 28.7 Å². The summed E-state index contributed by atoms with van der Waals surface area (Å²) in [5.74, 6) is -1.43. The van der Waals surface area contributed by atoms with E-state index in [0.29, 0.717) is 0 Å². The first-order chi connectivity index (χ1) is 9.73. The summed E-state index contributed by atoms with van der Waals surface area (Å²) < 4.78 is 24.6. The minimum absolute atomic E-state index is 0.129. The number of aromatic nitrogens is 2. The van der Waals surface area contributed by atoms with Gasteiger partial charge in [-0.1, -0.05) is 11.6 Å². The van der Waals surface area contributed by atoms with Crippen molar-refractivity contribution in [3.05, 3.63) is 61.6 Å². The van der Waals surface area contributed by atoms with Crippen molar-refractivity contribution in [2.24, 2.45) is 0 Å². The fourth-order valence-corrected chi connectivity index (χ4v) is 2.94. The fourth-order valence-electron chi connectivity index (χ4n) is 1.52. The highest BCUT2D eigenvalue weighted by atomic mass is 35.5. The number of hydrogen-bond acceptors (Lipinski definition) is 5. The normalized spacial score (nSPS) is 11.3. The lowest BCUT2D eigenvalue weighted by atomic mass is 10.2. The van der Waals surface area contributed by atoms with Crippen LogP contribution >= 0.6 is 11.6 Å². The van der Waals surface area contributed by atoms with Gasteiger partial charge < -0.3 is 5.11 Å². The van der Waals surface area contributed by atoms with Gasteiger partial charge in [-0.25, -0.2) is 9.89 Å². The predicted molar refractivity (Wildman–Crippen MR) is 72.3 cm³/mol. The minimum Gasteiger partial charge on any atom is -0.478 e. The Morgan fingerprint density at radius 1 is 1.19 bits per heavy atom. The highest BCUT2D eigenvalue weighted by Gasteiger charge is 2.22.